The van der Waals surface area contributed by atoms with E-state index in [1.807, 2.05) is 96.1 Å². The number of carbonyl (C=O) groups is 1. The lowest BCUT2D eigenvalue weighted by atomic mass is 9.59. The van der Waals surface area contributed by atoms with Crippen LogP contribution in [0.1, 0.15) is 63.0 Å². The molecular weight excluding hydrogens is 296 g/mol. The Hall–Kier alpha value is -1.93. The van der Waals surface area contributed by atoms with Crippen LogP contribution in [0, 0.1) is 10.8 Å². The summed E-state index contributed by atoms with van der Waals surface area (Å²) in [4.78, 5) is 12.7. The number of hydrogen-bond acceptors (Lipinski definition) is 2. The maximum Gasteiger partial charge on any atom is 0.193 e. The first-order valence-electron chi connectivity index (χ1n) is 8.41. The van der Waals surface area contributed by atoms with Crippen LogP contribution in [0.3, 0.4) is 0 Å². The van der Waals surface area contributed by atoms with Crippen LogP contribution >= 0.6 is 0 Å². The van der Waals surface area contributed by atoms with Gasteiger partial charge in [-0.2, -0.15) is 0 Å². The lowest BCUT2D eigenvalue weighted by molar-refractivity contribution is -0.145. The van der Waals surface area contributed by atoms with Crippen LogP contribution in [-0.4, -0.2) is 10.9 Å². The first kappa shape index (κ1) is 18.4. The van der Waals surface area contributed by atoms with Crippen molar-refractivity contribution >= 4 is 5.78 Å². The number of aliphatic hydroxyl groups is 1. The molecule has 0 aliphatic heterocycles. The third-order valence-electron chi connectivity index (χ3n) is 4.75. The molecule has 2 nitrogen and oxygen atoms in total. The van der Waals surface area contributed by atoms with E-state index in [1.54, 1.807) is 0 Å². The second-order valence-corrected chi connectivity index (χ2v) is 8.49. The second-order valence-electron chi connectivity index (χ2n) is 8.49. The van der Waals surface area contributed by atoms with Crippen molar-refractivity contribution in [3.8, 4) is 0 Å². The Kier molecular flexibility index (Phi) is 4.74. The SMILES string of the molecule is CC(C)(C)C(O)(c1cccc(C(=O)c2ccccc2)c1)C(C)(C)C. The van der Waals surface area contributed by atoms with Crippen molar-refractivity contribution in [2.45, 2.75) is 47.1 Å². The highest BCUT2D eigenvalue weighted by molar-refractivity contribution is 6.09. The molecule has 2 aromatic carbocycles. The lowest BCUT2D eigenvalue weighted by Gasteiger charge is -2.50. The second kappa shape index (κ2) is 6.18. The fourth-order valence-corrected chi connectivity index (χ4v) is 3.63. The van der Waals surface area contributed by atoms with E-state index in [2.05, 4.69) is 0 Å². The molecule has 0 saturated carbocycles. The van der Waals surface area contributed by atoms with Crippen LogP contribution < -0.4 is 0 Å². The predicted octanol–water partition coefficient (Wildman–Crippen LogP) is 5.20. The van der Waals surface area contributed by atoms with E-state index in [0.29, 0.717) is 11.1 Å². The molecule has 2 aromatic rings. The van der Waals surface area contributed by atoms with Gasteiger partial charge < -0.3 is 5.11 Å². The van der Waals surface area contributed by atoms with E-state index >= 15 is 0 Å². The van der Waals surface area contributed by atoms with Gasteiger partial charge in [0.15, 0.2) is 5.78 Å². The molecule has 0 aliphatic rings. The summed E-state index contributed by atoms with van der Waals surface area (Å²) in [5.74, 6) is -0.0254. The fourth-order valence-electron chi connectivity index (χ4n) is 3.63. The van der Waals surface area contributed by atoms with E-state index in [1.165, 1.54) is 0 Å². The van der Waals surface area contributed by atoms with E-state index < -0.39 is 5.60 Å². The van der Waals surface area contributed by atoms with Gasteiger partial charge in [0, 0.05) is 11.1 Å². The van der Waals surface area contributed by atoms with Gasteiger partial charge in [-0.1, -0.05) is 90.1 Å². The predicted molar refractivity (Wildman–Crippen MR) is 99.1 cm³/mol. The molecule has 0 heterocycles. The van der Waals surface area contributed by atoms with Crippen molar-refractivity contribution in [3.05, 3.63) is 71.3 Å². The van der Waals surface area contributed by atoms with Crippen molar-refractivity contribution in [2.24, 2.45) is 10.8 Å². The fraction of sp³-hybridized carbons (Fsp3) is 0.409. The average Bonchev–Trinajstić information content (AvgIpc) is 2.52. The summed E-state index contributed by atoms with van der Waals surface area (Å²) in [7, 11) is 0. The van der Waals surface area contributed by atoms with Crippen molar-refractivity contribution in [1.29, 1.82) is 0 Å². The van der Waals surface area contributed by atoms with Gasteiger partial charge in [-0.25, -0.2) is 0 Å². The van der Waals surface area contributed by atoms with Crippen LogP contribution in [0.5, 0.6) is 0 Å². The van der Waals surface area contributed by atoms with Gasteiger partial charge in [0.05, 0.1) is 5.60 Å². The van der Waals surface area contributed by atoms with E-state index in [4.69, 9.17) is 0 Å². The van der Waals surface area contributed by atoms with Gasteiger partial charge in [-0.15, -0.1) is 0 Å². The van der Waals surface area contributed by atoms with Gasteiger partial charge in [0.1, 0.15) is 0 Å². The molecule has 0 amide bonds. The van der Waals surface area contributed by atoms with Gasteiger partial charge in [0.25, 0.3) is 0 Å². The van der Waals surface area contributed by atoms with Crippen LogP contribution in [0.2, 0.25) is 0 Å². The lowest BCUT2D eigenvalue weighted by Crippen LogP contribution is -2.50. The molecule has 0 spiro atoms. The molecule has 2 rings (SSSR count). The molecule has 0 radical (unpaired) electrons. The highest BCUT2D eigenvalue weighted by Crippen LogP contribution is 2.51. The number of rotatable bonds is 3. The molecule has 0 unspecified atom stereocenters. The minimum atomic E-state index is -1.06. The van der Waals surface area contributed by atoms with Crippen LogP contribution in [0.4, 0.5) is 0 Å². The van der Waals surface area contributed by atoms with Crippen LogP contribution in [0.15, 0.2) is 54.6 Å². The molecule has 128 valence electrons. The summed E-state index contributed by atoms with van der Waals surface area (Å²) in [6.07, 6.45) is 0. The Morgan fingerprint density at radius 3 is 1.75 bits per heavy atom. The van der Waals surface area contributed by atoms with Gasteiger partial charge in [-0.3, -0.25) is 4.79 Å². The topological polar surface area (TPSA) is 37.3 Å². The minimum Gasteiger partial charge on any atom is -0.384 e. The molecule has 0 atom stereocenters. The Balaban J connectivity index is 2.56. The Bertz CT molecular complexity index is 702. The standard InChI is InChI=1S/C22H28O2/c1-20(2,3)22(24,21(4,5)6)18-14-10-13-17(15-18)19(23)16-11-8-7-9-12-16/h7-15,24H,1-6H3. The van der Waals surface area contributed by atoms with Gasteiger partial charge in [0.2, 0.25) is 0 Å². The average molecular weight is 324 g/mol. The Morgan fingerprint density at radius 2 is 1.25 bits per heavy atom. The number of ketones is 1. The summed E-state index contributed by atoms with van der Waals surface area (Å²) >= 11 is 0. The molecule has 0 aliphatic carbocycles. The number of carbonyl (C=O) groups excluding carboxylic acids is 1. The third-order valence-corrected chi connectivity index (χ3v) is 4.75. The monoisotopic (exact) mass is 324 g/mol. The highest BCUT2D eigenvalue weighted by atomic mass is 16.3. The number of hydrogen-bond donors (Lipinski definition) is 1. The maximum absolute atomic E-state index is 12.7. The van der Waals surface area contributed by atoms with Crippen LogP contribution in [-0.2, 0) is 5.60 Å². The Labute approximate surface area is 145 Å². The zero-order chi connectivity index (χ0) is 18.2. The molecule has 2 heteroatoms. The zero-order valence-corrected chi connectivity index (χ0v) is 15.6. The summed E-state index contributed by atoms with van der Waals surface area (Å²) < 4.78 is 0. The van der Waals surface area contributed by atoms with Crippen molar-refractivity contribution in [2.75, 3.05) is 0 Å². The quantitative estimate of drug-likeness (QED) is 0.788. The summed E-state index contributed by atoms with van der Waals surface area (Å²) in [6.45, 7) is 12.2. The minimum absolute atomic E-state index is 0.0254. The van der Waals surface area contributed by atoms with Crippen LogP contribution in [0.25, 0.3) is 0 Å². The number of benzene rings is 2. The van der Waals surface area contributed by atoms with Gasteiger partial charge >= 0.3 is 0 Å². The van der Waals surface area contributed by atoms with Crippen molar-refractivity contribution in [3.63, 3.8) is 0 Å². The summed E-state index contributed by atoms with van der Waals surface area (Å²) in [6, 6.07) is 16.7. The Morgan fingerprint density at radius 1 is 0.750 bits per heavy atom. The molecule has 0 saturated heterocycles. The summed E-state index contributed by atoms with van der Waals surface area (Å²) in [5.41, 5.74) is 0.228. The normalized spacial score (nSPS) is 13.0. The largest absolute Gasteiger partial charge is 0.384 e. The summed E-state index contributed by atoms with van der Waals surface area (Å²) in [5, 5.41) is 11.6. The van der Waals surface area contributed by atoms with Crippen molar-refractivity contribution < 1.29 is 9.90 Å². The van der Waals surface area contributed by atoms with Gasteiger partial charge in [-0.05, 0) is 22.5 Å². The zero-order valence-electron chi connectivity index (χ0n) is 15.6. The molecule has 0 fully saturated rings. The van der Waals surface area contributed by atoms with E-state index in [0.717, 1.165) is 5.56 Å². The molecule has 24 heavy (non-hydrogen) atoms. The highest BCUT2D eigenvalue weighted by Gasteiger charge is 2.50. The smallest absolute Gasteiger partial charge is 0.193 e. The van der Waals surface area contributed by atoms with Crippen molar-refractivity contribution in [1.82, 2.24) is 0 Å². The first-order valence-corrected chi connectivity index (χ1v) is 8.41. The first-order chi connectivity index (χ1) is 11.0. The molecular formula is C22H28O2. The molecule has 0 aromatic heterocycles. The van der Waals surface area contributed by atoms with E-state index in [9.17, 15) is 9.90 Å². The van der Waals surface area contributed by atoms with E-state index in [-0.39, 0.29) is 16.6 Å². The molecule has 0 bridgehead atoms. The maximum atomic E-state index is 12.7. The third kappa shape index (κ3) is 3.16. The molecule has 1 N–H and O–H groups in total.